The second-order valence-corrected chi connectivity index (χ2v) is 5.56. The van der Waals surface area contributed by atoms with Gasteiger partial charge in [0.15, 0.2) is 5.96 Å². The Morgan fingerprint density at radius 1 is 1.15 bits per heavy atom. The van der Waals surface area contributed by atoms with Crippen LogP contribution in [0.5, 0.6) is 0 Å². The molecule has 142 valence electrons. The standard InChI is InChI=1S/C18H22F3N3O2/c1-2-22-17(24-11-16-7-4-8-26-16)23-10-14-5-3-6-15(9-14)12-25-13-18(19,20)21/h3-9H,2,10-13H2,1H3,(H2,22,23,24). The van der Waals surface area contributed by atoms with E-state index in [0.29, 0.717) is 31.2 Å². The van der Waals surface area contributed by atoms with E-state index < -0.39 is 12.8 Å². The van der Waals surface area contributed by atoms with E-state index in [4.69, 9.17) is 4.42 Å². The van der Waals surface area contributed by atoms with E-state index in [9.17, 15) is 13.2 Å². The van der Waals surface area contributed by atoms with Crippen LogP contribution in [-0.2, 0) is 24.4 Å². The molecule has 2 aromatic rings. The average molecular weight is 369 g/mol. The zero-order valence-corrected chi connectivity index (χ0v) is 14.5. The molecule has 2 N–H and O–H groups in total. The average Bonchev–Trinajstić information content (AvgIpc) is 3.10. The van der Waals surface area contributed by atoms with Crippen molar-refractivity contribution in [1.29, 1.82) is 0 Å². The van der Waals surface area contributed by atoms with Gasteiger partial charge in [0.25, 0.3) is 0 Å². The second-order valence-electron chi connectivity index (χ2n) is 5.56. The summed E-state index contributed by atoms with van der Waals surface area (Å²) in [6.45, 7) is 2.22. The Kier molecular flexibility index (Phi) is 7.53. The summed E-state index contributed by atoms with van der Waals surface area (Å²) < 4.78 is 46.3. The number of ether oxygens (including phenoxy) is 1. The van der Waals surface area contributed by atoms with Crippen LogP contribution in [0.25, 0.3) is 0 Å². The van der Waals surface area contributed by atoms with Gasteiger partial charge in [0, 0.05) is 6.54 Å². The van der Waals surface area contributed by atoms with Crippen molar-refractivity contribution >= 4 is 5.96 Å². The molecule has 26 heavy (non-hydrogen) atoms. The molecule has 0 saturated carbocycles. The fourth-order valence-electron chi connectivity index (χ4n) is 2.20. The number of nitrogens with one attached hydrogen (secondary N) is 2. The van der Waals surface area contributed by atoms with Crippen molar-refractivity contribution in [1.82, 2.24) is 10.6 Å². The van der Waals surface area contributed by atoms with Crippen LogP contribution >= 0.6 is 0 Å². The van der Waals surface area contributed by atoms with Gasteiger partial charge in [0.2, 0.25) is 0 Å². The lowest BCUT2D eigenvalue weighted by atomic mass is 10.1. The van der Waals surface area contributed by atoms with Gasteiger partial charge in [-0.05, 0) is 30.2 Å². The first-order valence-corrected chi connectivity index (χ1v) is 8.23. The number of benzene rings is 1. The highest BCUT2D eigenvalue weighted by molar-refractivity contribution is 5.79. The number of furan rings is 1. The Labute approximate surface area is 150 Å². The highest BCUT2D eigenvalue weighted by atomic mass is 19.4. The van der Waals surface area contributed by atoms with Gasteiger partial charge in [0.05, 0.1) is 26.0 Å². The Balaban J connectivity index is 1.90. The summed E-state index contributed by atoms with van der Waals surface area (Å²) in [5.41, 5.74) is 1.56. The molecule has 0 fully saturated rings. The number of guanidine groups is 1. The monoisotopic (exact) mass is 369 g/mol. The Hall–Kier alpha value is -2.48. The summed E-state index contributed by atoms with van der Waals surface area (Å²) in [6, 6.07) is 10.8. The molecule has 0 aliphatic rings. The van der Waals surface area contributed by atoms with Crippen molar-refractivity contribution < 1.29 is 22.3 Å². The van der Waals surface area contributed by atoms with Crippen molar-refractivity contribution in [3.8, 4) is 0 Å². The summed E-state index contributed by atoms with van der Waals surface area (Å²) in [5.74, 6) is 1.42. The predicted molar refractivity (Wildman–Crippen MR) is 92.5 cm³/mol. The van der Waals surface area contributed by atoms with Gasteiger partial charge in [0.1, 0.15) is 12.4 Å². The zero-order valence-electron chi connectivity index (χ0n) is 14.5. The molecule has 5 nitrogen and oxygen atoms in total. The molecule has 0 amide bonds. The van der Waals surface area contributed by atoms with Crippen LogP contribution in [0.1, 0.15) is 23.8 Å². The van der Waals surface area contributed by atoms with Crippen molar-refractivity contribution in [3.05, 3.63) is 59.5 Å². The number of alkyl halides is 3. The molecule has 2 rings (SSSR count). The second kappa shape index (κ2) is 9.86. The van der Waals surface area contributed by atoms with Gasteiger partial charge >= 0.3 is 6.18 Å². The first-order chi connectivity index (χ1) is 12.5. The van der Waals surface area contributed by atoms with Crippen LogP contribution in [0.15, 0.2) is 52.1 Å². The van der Waals surface area contributed by atoms with E-state index in [0.717, 1.165) is 11.3 Å². The lowest BCUT2D eigenvalue weighted by Gasteiger charge is -2.11. The molecule has 0 radical (unpaired) electrons. The smallest absolute Gasteiger partial charge is 0.411 e. The molecule has 0 unspecified atom stereocenters. The molecule has 1 aromatic heterocycles. The molecule has 0 bridgehead atoms. The molecule has 0 aliphatic carbocycles. The van der Waals surface area contributed by atoms with Gasteiger partial charge in [-0.15, -0.1) is 0 Å². The van der Waals surface area contributed by atoms with Crippen molar-refractivity contribution in [2.24, 2.45) is 4.99 Å². The van der Waals surface area contributed by atoms with Crippen molar-refractivity contribution in [2.75, 3.05) is 13.2 Å². The molecule has 0 spiro atoms. The minimum absolute atomic E-state index is 0.0894. The fraction of sp³-hybridized carbons (Fsp3) is 0.389. The Morgan fingerprint density at radius 3 is 2.65 bits per heavy atom. The first-order valence-electron chi connectivity index (χ1n) is 8.23. The third-order valence-corrected chi connectivity index (χ3v) is 3.30. The summed E-state index contributed by atoms with van der Waals surface area (Å²) in [6.07, 6.45) is -2.71. The third kappa shape index (κ3) is 7.60. The van der Waals surface area contributed by atoms with Crippen LogP contribution in [0.2, 0.25) is 0 Å². The summed E-state index contributed by atoms with van der Waals surface area (Å²) >= 11 is 0. The van der Waals surface area contributed by atoms with E-state index in [-0.39, 0.29) is 6.61 Å². The van der Waals surface area contributed by atoms with Gasteiger partial charge in [-0.3, -0.25) is 0 Å². The van der Waals surface area contributed by atoms with Crippen LogP contribution in [0.4, 0.5) is 13.2 Å². The maximum Gasteiger partial charge on any atom is 0.411 e. The number of halogens is 3. The molecule has 0 saturated heterocycles. The minimum Gasteiger partial charge on any atom is -0.467 e. The molecule has 1 heterocycles. The molecular weight excluding hydrogens is 347 g/mol. The highest BCUT2D eigenvalue weighted by Gasteiger charge is 2.27. The van der Waals surface area contributed by atoms with Crippen LogP contribution in [-0.4, -0.2) is 25.3 Å². The zero-order chi connectivity index (χ0) is 18.8. The van der Waals surface area contributed by atoms with Crippen LogP contribution in [0.3, 0.4) is 0 Å². The van der Waals surface area contributed by atoms with E-state index in [1.807, 2.05) is 25.1 Å². The maximum atomic E-state index is 12.1. The SMILES string of the molecule is CCNC(=NCc1cccc(COCC(F)(F)F)c1)NCc1ccco1. The minimum atomic E-state index is -4.32. The van der Waals surface area contributed by atoms with Gasteiger partial charge in [-0.1, -0.05) is 24.3 Å². The molecule has 0 atom stereocenters. The fourth-order valence-corrected chi connectivity index (χ4v) is 2.20. The predicted octanol–water partition coefficient (Wildman–Crippen LogP) is 3.61. The number of rotatable bonds is 8. The van der Waals surface area contributed by atoms with Crippen molar-refractivity contribution in [2.45, 2.75) is 32.8 Å². The normalized spacial score (nSPS) is 12.2. The molecule has 8 heteroatoms. The van der Waals surface area contributed by atoms with E-state index in [1.165, 1.54) is 0 Å². The van der Waals surface area contributed by atoms with Crippen molar-refractivity contribution in [3.63, 3.8) is 0 Å². The van der Waals surface area contributed by atoms with E-state index in [1.54, 1.807) is 24.5 Å². The number of nitrogens with zero attached hydrogens (tertiary/aromatic N) is 1. The van der Waals surface area contributed by atoms with Gasteiger partial charge in [-0.25, -0.2) is 4.99 Å². The lowest BCUT2D eigenvalue weighted by Crippen LogP contribution is -2.36. The summed E-state index contributed by atoms with van der Waals surface area (Å²) in [4.78, 5) is 4.48. The number of hydrogen-bond donors (Lipinski definition) is 2. The topological polar surface area (TPSA) is 58.8 Å². The highest BCUT2D eigenvalue weighted by Crippen LogP contribution is 2.16. The van der Waals surface area contributed by atoms with Gasteiger partial charge in [-0.2, -0.15) is 13.2 Å². The summed E-state index contributed by atoms with van der Waals surface area (Å²) in [7, 11) is 0. The molecule has 1 aromatic carbocycles. The largest absolute Gasteiger partial charge is 0.467 e. The maximum absolute atomic E-state index is 12.1. The Bertz CT molecular complexity index is 685. The Morgan fingerprint density at radius 2 is 1.96 bits per heavy atom. The third-order valence-electron chi connectivity index (χ3n) is 3.30. The van der Waals surface area contributed by atoms with E-state index >= 15 is 0 Å². The summed E-state index contributed by atoms with van der Waals surface area (Å²) in [5, 5.41) is 6.28. The molecular formula is C18H22F3N3O2. The van der Waals surface area contributed by atoms with Gasteiger partial charge < -0.3 is 19.8 Å². The lowest BCUT2D eigenvalue weighted by molar-refractivity contribution is -0.176. The number of aliphatic imine (C=N–C) groups is 1. The van der Waals surface area contributed by atoms with Crippen LogP contribution in [0, 0.1) is 0 Å². The van der Waals surface area contributed by atoms with Crippen LogP contribution < -0.4 is 10.6 Å². The number of hydrogen-bond acceptors (Lipinski definition) is 3. The van der Waals surface area contributed by atoms with E-state index in [2.05, 4.69) is 20.4 Å². The first kappa shape index (κ1) is 19.8. The quantitative estimate of drug-likeness (QED) is 0.551. The molecule has 0 aliphatic heterocycles.